The number of carbonyl (C=O) groups is 1. The summed E-state index contributed by atoms with van der Waals surface area (Å²) in [5.41, 5.74) is 0. The second-order valence-corrected chi connectivity index (χ2v) is 4.67. The Bertz CT molecular complexity index is 510. The van der Waals surface area contributed by atoms with Gasteiger partial charge >= 0.3 is 5.97 Å². The Balaban J connectivity index is 1.74. The molecule has 6 nitrogen and oxygen atoms in total. The van der Waals surface area contributed by atoms with Gasteiger partial charge in [-0.1, -0.05) is 11.2 Å². The lowest BCUT2D eigenvalue weighted by Crippen LogP contribution is -2.19. The van der Waals surface area contributed by atoms with E-state index < -0.39 is 0 Å². The van der Waals surface area contributed by atoms with Crippen molar-refractivity contribution in [2.45, 2.75) is 19.9 Å². The molecule has 19 heavy (non-hydrogen) atoms. The van der Waals surface area contributed by atoms with E-state index >= 15 is 0 Å². The van der Waals surface area contributed by atoms with Crippen molar-refractivity contribution in [3.63, 3.8) is 0 Å². The van der Waals surface area contributed by atoms with Gasteiger partial charge in [-0.2, -0.15) is 4.98 Å². The van der Waals surface area contributed by atoms with Crippen LogP contribution in [0.2, 0.25) is 0 Å². The summed E-state index contributed by atoms with van der Waals surface area (Å²) >= 11 is 1.55. The van der Waals surface area contributed by atoms with Crippen molar-refractivity contribution in [3.05, 3.63) is 23.3 Å². The molecule has 0 radical (unpaired) electrons. The van der Waals surface area contributed by atoms with Gasteiger partial charge in [0.1, 0.15) is 0 Å². The maximum absolute atomic E-state index is 11.1. The lowest BCUT2D eigenvalue weighted by Gasteiger charge is -2.01. The molecule has 2 aromatic rings. The molecule has 7 heteroatoms. The number of thiophene rings is 1. The maximum Gasteiger partial charge on any atom is 0.307 e. The van der Waals surface area contributed by atoms with E-state index in [0.717, 1.165) is 4.88 Å². The number of aromatic nitrogens is 2. The monoisotopic (exact) mass is 281 g/mol. The van der Waals surface area contributed by atoms with Crippen LogP contribution in [0.3, 0.4) is 0 Å². The predicted molar refractivity (Wildman–Crippen MR) is 70.6 cm³/mol. The molecule has 0 saturated heterocycles. The van der Waals surface area contributed by atoms with Gasteiger partial charge in [-0.25, -0.2) is 0 Å². The molecule has 0 fully saturated rings. The molecule has 0 unspecified atom stereocenters. The number of hydrogen-bond acceptors (Lipinski definition) is 7. The Morgan fingerprint density at radius 2 is 2.47 bits per heavy atom. The number of ether oxygens (including phenoxy) is 1. The molecule has 2 rings (SSSR count). The highest BCUT2D eigenvalue weighted by molar-refractivity contribution is 7.13. The molecule has 2 aromatic heterocycles. The highest BCUT2D eigenvalue weighted by atomic mass is 32.1. The second kappa shape index (κ2) is 7.01. The molecular weight excluding hydrogens is 266 g/mol. The van der Waals surface area contributed by atoms with E-state index in [4.69, 9.17) is 9.26 Å². The van der Waals surface area contributed by atoms with Crippen molar-refractivity contribution in [1.82, 2.24) is 15.5 Å². The zero-order chi connectivity index (χ0) is 13.5. The average molecular weight is 281 g/mol. The van der Waals surface area contributed by atoms with Gasteiger partial charge in [-0.3, -0.25) is 4.79 Å². The number of nitrogens with zero attached hydrogens (tertiary/aromatic N) is 2. The first-order valence-corrected chi connectivity index (χ1v) is 6.90. The molecular formula is C12H15N3O3S. The Morgan fingerprint density at radius 1 is 1.58 bits per heavy atom. The van der Waals surface area contributed by atoms with Gasteiger partial charge in [0.15, 0.2) is 5.82 Å². The smallest absolute Gasteiger partial charge is 0.307 e. The van der Waals surface area contributed by atoms with E-state index in [1.165, 1.54) is 0 Å². The molecule has 0 aliphatic heterocycles. The zero-order valence-electron chi connectivity index (χ0n) is 10.6. The lowest BCUT2D eigenvalue weighted by atomic mass is 10.4. The Hall–Kier alpha value is -1.73. The summed E-state index contributed by atoms with van der Waals surface area (Å²) in [7, 11) is 0. The van der Waals surface area contributed by atoms with Crippen LogP contribution in [0.5, 0.6) is 0 Å². The van der Waals surface area contributed by atoms with Crippen LogP contribution < -0.4 is 5.32 Å². The van der Waals surface area contributed by atoms with Crippen molar-refractivity contribution in [3.8, 4) is 10.8 Å². The summed E-state index contributed by atoms with van der Waals surface area (Å²) in [6, 6.07) is 3.86. The predicted octanol–water partition coefficient (Wildman–Crippen LogP) is 1.84. The van der Waals surface area contributed by atoms with Gasteiger partial charge in [0.25, 0.3) is 5.89 Å². The molecule has 0 bridgehead atoms. The summed E-state index contributed by atoms with van der Waals surface area (Å²) in [4.78, 5) is 16.3. The zero-order valence-corrected chi connectivity index (χ0v) is 11.4. The first-order valence-electron chi connectivity index (χ1n) is 6.02. The van der Waals surface area contributed by atoms with E-state index in [2.05, 4.69) is 15.5 Å². The van der Waals surface area contributed by atoms with Crippen LogP contribution in [0.15, 0.2) is 22.0 Å². The van der Waals surface area contributed by atoms with Crippen LogP contribution in [0.1, 0.15) is 19.2 Å². The quantitative estimate of drug-likeness (QED) is 0.616. The molecule has 0 aromatic carbocycles. The lowest BCUT2D eigenvalue weighted by molar-refractivity contribution is -0.142. The van der Waals surface area contributed by atoms with Gasteiger partial charge < -0.3 is 14.6 Å². The average Bonchev–Trinajstić information content (AvgIpc) is 3.05. The van der Waals surface area contributed by atoms with Gasteiger partial charge in [0, 0.05) is 6.54 Å². The number of nitrogens with one attached hydrogen (secondary N) is 1. The maximum atomic E-state index is 11.1. The highest BCUT2D eigenvalue weighted by Crippen LogP contribution is 2.22. The van der Waals surface area contributed by atoms with E-state index in [1.54, 1.807) is 18.3 Å². The highest BCUT2D eigenvalue weighted by Gasteiger charge is 2.09. The molecule has 102 valence electrons. The van der Waals surface area contributed by atoms with E-state index in [0.29, 0.717) is 37.8 Å². The minimum absolute atomic E-state index is 0.206. The van der Waals surface area contributed by atoms with Crippen molar-refractivity contribution >= 4 is 17.3 Å². The van der Waals surface area contributed by atoms with Gasteiger partial charge in [0.05, 0.1) is 24.4 Å². The van der Waals surface area contributed by atoms with E-state index in [1.807, 2.05) is 17.5 Å². The summed E-state index contributed by atoms with van der Waals surface area (Å²) in [5.74, 6) is 0.895. The van der Waals surface area contributed by atoms with Crippen molar-refractivity contribution < 1.29 is 14.1 Å². The largest absolute Gasteiger partial charge is 0.466 e. The van der Waals surface area contributed by atoms with Gasteiger partial charge in [-0.05, 0) is 18.4 Å². The summed E-state index contributed by atoms with van der Waals surface area (Å²) in [6.07, 6.45) is 0.337. The topological polar surface area (TPSA) is 77.2 Å². The standard InChI is InChI=1S/C12H15N3O3S/c1-2-17-11(16)5-6-13-8-10-14-12(18-15-10)9-4-3-7-19-9/h3-4,7,13H,2,5-6,8H2,1H3. The van der Waals surface area contributed by atoms with Crippen LogP contribution in [-0.2, 0) is 16.1 Å². The molecule has 0 atom stereocenters. The molecule has 0 aliphatic carbocycles. The first-order chi connectivity index (χ1) is 9.29. The molecule has 0 amide bonds. The number of hydrogen-bond donors (Lipinski definition) is 1. The van der Waals surface area contributed by atoms with E-state index in [9.17, 15) is 4.79 Å². The third-order valence-electron chi connectivity index (χ3n) is 2.29. The first kappa shape index (κ1) is 13.7. The van der Waals surface area contributed by atoms with Gasteiger partial charge in [-0.15, -0.1) is 11.3 Å². The Morgan fingerprint density at radius 3 is 3.21 bits per heavy atom. The van der Waals surface area contributed by atoms with Crippen LogP contribution in [0.25, 0.3) is 10.8 Å². The minimum Gasteiger partial charge on any atom is -0.466 e. The van der Waals surface area contributed by atoms with Crippen molar-refractivity contribution in [1.29, 1.82) is 0 Å². The Labute approximate surface area is 114 Å². The summed E-state index contributed by atoms with van der Waals surface area (Å²) in [5, 5.41) is 8.89. The number of esters is 1. The van der Waals surface area contributed by atoms with Crippen LogP contribution in [0.4, 0.5) is 0 Å². The number of carbonyl (C=O) groups excluding carboxylic acids is 1. The molecule has 0 saturated carbocycles. The van der Waals surface area contributed by atoms with Crippen LogP contribution in [-0.4, -0.2) is 29.3 Å². The fourth-order valence-corrected chi connectivity index (χ4v) is 2.09. The van der Waals surface area contributed by atoms with Crippen LogP contribution in [0, 0.1) is 0 Å². The molecule has 2 heterocycles. The normalized spacial score (nSPS) is 10.6. The molecule has 0 aliphatic rings. The number of rotatable bonds is 7. The molecule has 0 spiro atoms. The van der Waals surface area contributed by atoms with Crippen LogP contribution >= 0.6 is 11.3 Å². The summed E-state index contributed by atoms with van der Waals surface area (Å²) in [6.45, 7) is 3.20. The summed E-state index contributed by atoms with van der Waals surface area (Å²) < 4.78 is 9.96. The Kier molecular flexibility index (Phi) is 5.05. The SMILES string of the molecule is CCOC(=O)CCNCc1noc(-c2cccs2)n1. The fraction of sp³-hybridized carbons (Fsp3) is 0.417. The van der Waals surface area contributed by atoms with Crippen molar-refractivity contribution in [2.24, 2.45) is 0 Å². The second-order valence-electron chi connectivity index (χ2n) is 3.72. The van der Waals surface area contributed by atoms with E-state index in [-0.39, 0.29) is 5.97 Å². The third-order valence-corrected chi connectivity index (χ3v) is 3.15. The molecule has 1 N–H and O–H groups in total. The third kappa shape index (κ3) is 4.15. The van der Waals surface area contributed by atoms with Crippen molar-refractivity contribution in [2.75, 3.05) is 13.2 Å². The van der Waals surface area contributed by atoms with Gasteiger partial charge in [0.2, 0.25) is 0 Å². The fourth-order valence-electron chi connectivity index (χ4n) is 1.45. The minimum atomic E-state index is -0.206.